The lowest BCUT2D eigenvalue weighted by molar-refractivity contribution is -0.244. The molecule has 23 heavy (non-hydrogen) atoms. The van der Waals surface area contributed by atoms with Crippen molar-refractivity contribution in [2.75, 3.05) is 6.61 Å². The zero-order valence-electron chi connectivity index (χ0n) is 13.4. The molecular formula is C16H23NO6. The van der Waals surface area contributed by atoms with Crippen molar-refractivity contribution in [3.05, 3.63) is 29.3 Å². The van der Waals surface area contributed by atoms with Crippen LogP contribution in [0.1, 0.15) is 18.1 Å². The Morgan fingerprint density at radius 1 is 1.30 bits per heavy atom. The van der Waals surface area contributed by atoms with Gasteiger partial charge in [0.25, 0.3) is 0 Å². The number of ether oxygens (including phenoxy) is 2. The fraction of sp³-hybridized carbons (Fsp3) is 0.562. The maximum Gasteiger partial charge on any atom is 0.223 e. The molecule has 1 aromatic rings. The number of amides is 1. The number of carbonyl (C=O) groups excluding carboxylic acids is 1. The van der Waals surface area contributed by atoms with Gasteiger partial charge in [-0.05, 0) is 25.5 Å². The van der Waals surface area contributed by atoms with Crippen LogP contribution in [0.15, 0.2) is 18.2 Å². The van der Waals surface area contributed by atoms with Gasteiger partial charge in [0.15, 0.2) is 0 Å². The summed E-state index contributed by atoms with van der Waals surface area (Å²) in [6, 6.07) is 4.61. The molecule has 1 heterocycles. The average molecular weight is 325 g/mol. The molecule has 0 unspecified atom stereocenters. The summed E-state index contributed by atoms with van der Waals surface area (Å²) in [7, 11) is 0. The fourth-order valence-corrected chi connectivity index (χ4v) is 2.63. The molecule has 1 aliphatic rings. The monoisotopic (exact) mass is 325 g/mol. The molecule has 0 aliphatic carbocycles. The van der Waals surface area contributed by atoms with Gasteiger partial charge in [0.2, 0.25) is 12.2 Å². The molecule has 0 bridgehead atoms. The van der Waals surface area contributed by atoms with E-state index < -0.39 is 37.3 Å². The van der Waals surface area contributed by atoms with Crippen molar-refractivity contribution in [1.82, 2.24) is 5.32 Å². The first kappa shape index (κ1) is 17.7. The lowest BCUT2D eigenvalue weighted by atomic mass is 9.97. The van der Waals surface area contributed by atoms with Gasteiger partial charge in [-0.15, -0.1) is 0 Å². The number of aliphatic hydroxyl groups excluding tert-OH is 3. The molecule has 1 fully saturated rings. The molecule has 5 atom stereocenters. The average Bonchev–Trinajstić information content (AvgIpc) is 2.48. The molecule has 4 N–H and O–H groups in total. The minimum absolute atomic E-state index is 0.387. The first-order chi connectivity index (χ1) is 10.8. The number of hydrogen-bond acceptors (Lipinski definition) is 6. The van der Waals surface area contributed by atoms with Gasteiger partial charge in [-0.3, -0.25) is 4.79 Å². The summed E-state index contributed by atoms with van der Waals surface area (Å²) in [6.07, 6.45) is -4.67. The van der Waals surface area contributed by atoms with E-state index in [4.69, 9.17) is 9.47 Å². The largest absolute Gasteiger partial charge is 0.462 e. The Morgan fingerprint density at radius 3 is 2.57 bits per heavy atom. The second-order valence-corrected chi connectivity index (χ2v) is 5.82. The molecule has 0 aromatic heterocycles. The molecule has 0 spiro atoms. The quantitative estimate of drug-likeness (QED) is 0.601. The van der Waals surface area contributed by atoms with Crippen molar-refractivity contribution in [3.63, 3.8) is 0 Å². The van der Waals surface area contributed by atoms with E-state index in [1.165, 1.54) is 6.92 Å². The molecule has 1 amide bonds. The Hall–Kier alpha value is -1.67. The highest BCUT2D eigenvalue weighted by Crippen LogP contribution is 2.26. The van der Waals surface area contributed by atoms with Crippen LogP contribution in [-0.2, 0) is 9.53 Å². The summed E-state index contributed by atoms with van der Waals surface area (Å²) in [5.74, 6) is 0.151. The van der Waals surface area contributed by atoms with E-state index in [1.807, 2.05) is 26.0 Å². The molecule has 1 aromatic carbocycles. The number of nitrogens with one attached hydrogen (secondary N) is 1. The summed E-state index contributed by atoms with van der Waals surface area (Å²) in [5.41, 5.74) is 1.94. The summed E-state index contributed by atoms with van der Waals surface area (Å²) in [5, 5.41) is 32.0. The summed E-state index contributed by atoms with van der Waals surface area (Å²) < 4.78 is 11.3. The van der Waals surface area contributed by atoms with Crippen molar-refractivity contribution >= 4 is 5.91 Å². The Labute approximate surface area is 134 Å². The SMILES string of the molecule is CC(=O)N[C@H]1[C@@H](Oc2ccc(C)cc2C)O[C@H](CO)[C@@H](O)[C@@H]1O. The Balaban J connectivity index is 2.25. The molecular weight excluding hydrogens is 302 g/mol. The van der Waals surface area contributed by atoms with Crippen molar-refractivity contribution in [3.8, 4) is 5.75 Å². The van der Waals surface area contributed by atoms with Crippen molar-refractivity contribution in [1.29, 1.82) is 0 Å². The third-order valence-corrected chi connectivity index (χ3v) is 3.82. The van der Waals surface area contributed by atoms with Crippen LogP contribution in [0.2, 0.25) is 0 Å². The van der Waals surface area contributed by atoms with Gasteiger partial charge in [0.05, 0.1) is 6.61 Å². The van der Waals surface area contributed by atoms with E-state index in [2.05, 4.69) is 5.32 Å². The van der Waals surface area contributed by atoms with Crippen molar-refractivity contribution < 1.29 is 29.6 Å². The highest BCUT2D eigenvalue weighted by molar-refractivity contribution is 5.73. The van der Waals surface area contributed by atoms with E-state index in [-0.39, 0.29) is 5.91 Å². The van der Waals surface area contributed by atoms with Crippen LogP contribution in [0.3, 0.4) is 0 Å². The third-order valence-electron chi connectivity index (χ3n) is 3.82. The van der Waals surface area contributed by atoms with Crippen LogP contribution in [0.4, 0.5) is 0 Å². The van der Waals surface area contributed by atoms with Gasteiger partial charge in [0, 0.05) is 6.92 Å². The molecule has 2 rings (SSSR count). The first-order valence-electron chi connectivity index (χ1n) is 7.47. The molecule has 0 radical (unpaired) electrons. The summed E-state index contributed by atoms with van der Waals surface area (Å²) in [6.45, 7) is 4.65. The molecule has 7 heteroatoms. The predicted octanol–water partition coefficient (Wildman–Crippen LogP) is -0.374. The van der Waals surface area contributed by atoms with Crippen LogP contribution in [0.5, 0.6) is 5.75 Å². The van der Waals surface area contributed by atoms with E-state index in [9.17, 15) is 20.1 Å². The highest BCUT2D eigenvalue weighted by Gasteiger charge is 2.46. The number of benzene rings is 1. The Bertz CT molecular complexity index is 564. The maximum absolute atomic E-state index is 11.4. The van der Waals surface area contributed by atoms with Gasteiger partial charge >= 0.3 is 0 Å². The second kappa shape index (κ2) is 7.27. The van der Waals surface area contributed by atoms with Crippen LogP contribution in [-0.4, -0.2) is 58.5 Å². The minimum atomic E-state index is -1.32. The van der Waals surface area contributed by atoms with E-state index >= 15 is 0 Å². The number of aliphatic hydroxyl groups is 3. The highest BCUT2D eigenvalue weighted by atomic mass is 16.7. The van der Waals surface area contributed by atoms with E-state index in [0.717, 1.165) is 11.1 Å². The number of carbonyl (C=O) groups is 1. The van der Waals surface area contributed by atoms with Crippen LogP contribution < -0.4 is 10.1 Å². The Morgan fingerprint density at radius 2 is 2.00 bits per heavy atom. The summed E-state index contributed by atoms with van der Waals surface area (Å²) >= 11 is 0. The first-order valence-corrected chi connectivity index (χ1v) is 7.47. The standard InChI is InChI=1S/C16H23NO6/c1-8-4-5-11(9(2)6-8)22-16-13(17-10(3)19)15(21)14(20)12(7-18)23-16/h4-6,12-16,18,20-21H,7H2,1-3H3,(H,17,19)/t12-,13-,14-,15-,16+/m1/s1. The lowest BCUT2D eigenvalue weighted by Gasteiger charge is -2.42. The van der Waals surface area contributed by atoms with Crippen LogP contribution >= 0.6 is 0 Å². The fourth-order valence-electron chi connectivity index (χ4n) is 2.63. The molecule has 128 valence electrons. The summed E-state index contributed by atoms with van der Waals surface area (Å²) in [4.78, 5) is 11.4. The van der Waals surface area contributed by atoms with Gasteiger partial charge in [-0.1, -0.05) is 17.7 Å². The second-order valence-electron chi connectivity index (χ2n) is 5.82. The molecule has 0 saturated carbocycles. The molecule has 7 nitrogen and oxygen atoms in total. The third kappa shape index (κ3) is 4.00. The van der Waals surface area contributed by atoms with Gasteiger partial charge in [-0.25, -0.2) is 0 Å². The van der Waals surface area contributed by atoms with Crippen molar-refractivity contribution in [2.45, 2.75) is 51.4 Å². The minimum Gasteiger partial charge on any atom is -0.462 e. The molecule has 1 saturated heterocycles. The van der Waals surface area contributed by atoms with Crippen LogP contribution in [0, 0.1) is 13.8 Å². The zero-order chi connectivity index (χ0) is 17.1. The smallest absolute Gasteiger partial charge is 0.223 e. The Kier molecular flexibility index (Phi) is 5.59. The van der Waals surface area contributed by atoms with Gasteiger partial charge in [-0.2, -0.15) is 0 Å². The molecule has 1 aliphatic heterocycles. The lowest BCUT2D eigenvalue weighted by Crippen LogP contribution is -2.65. The topological polar surface area (TPSA) is 108 Å². The predicted molar refractivity (Wildman–Crippen MR) is 81.9 cm³/mol. The van der Waals surface area contributed by atoms with E-state index in [1.54, 1.807) is 6.07 Å². The zero-order valence-corrected chi connectivity index (χ0v) is 13.4. The number of aryl methyl sites for hydroxylation is 2. The van der Waals surface area contributed by atoms with E-state index in [0.29, 0.717) is 5.75 Å². The van der Waals surface area contributed by atoms with Gasteiger partial charge in [0.1, 0.15) is 30.1 Å². The van der Waals surface area contributed by atoms with Gasteiger partial charge < -0.3 is 30.1 Å². The number of rotatable bonds is 4. The van der Waals surface area contributed by atoms with Crippen LogP contribution in [0.25, 0.3) is 0 Å². The normalized spacial score (nSPS) is 30.8. The number of hydrogen-bond donors (Lipinski definition) is 4. The van der Waals surface area contributed by atoms with Crippen molar-refractivity contribution in [2.24, 2.45) is 0 Å². The maximum atomic E-state index is 11.4.